The Balaban J connectivity index is 2.02. The number of nitrogens with one attached hydrogen (secondary N) is 1. The number of hydrogen-bond donors (Lipinski definition) is 1. The van der Waals surface area contributed by atoms with Gasteiger partial charge in [-0.25, -0.2) is 8.42 Å². The van der Waals surface area contributed by atoms with Gasteiger partial charge in [0, 0.05) is 11.9 Å². The summed E-state index contributed by atoms with van der Waals surface area (Å²) >= 11 is 0. The summed E-state index contributed by atoms with van der Waals surface area (Å²) in [5.41, 5.74) is 1.70. The zero-order valence-electron chi connectivity index (χ0n) is 13.2. The summed E-state index contributed by atoms with van der Waals surface area (Å²) in [6.07, 6.45) is 0.430. The number of carbonyl (C=O) groups excluding carboxylic acids is 1. The molecule has 0 aliphatic carbocycles. The van der Waals surface area contributed by atoms with Gasteiger partial charge < -0.3 is 10.1 Å². The average Bonchev–Trinajstić information content (AvgIpc) is 2.49. The molecule has 0 aromatic heterocycles. The highest BCUT2D eigenvalue weighted by Crippen LogP contribution is 2.18. The van der Waals surface area contributed by atoms with Gasteiger partial charge in [-0.3, -0.25) is 4.79 Å². The number of rotatable bonds is 5. The van der Waals surface area contributed by atoms with Crippen LogP contribution in [0.5, 0.6) is 5.75 Å². The lowest BCUT2D eigenvalue weighted by Crippen LogP contribution is -2.30. The van der Waals surface area contributed by atoms with E-state index in [1.165, 1.54) is 24.3 Å². The number of benzene rings is 2. The van der Waals surface area contributed by atoms with Crippen molar-refractivity contribution in [3.8, 4) is 5.75 Å². The fourth-order valence-corrected chi connectivity index (χ4v) is 2.60. The highest BCUT2D eigenvalue weighted by Gasteiger charge is 2.16. The first-order valence-corrected chi connectivity index (χ1v) is 9.00. The van der Waals surface area contributed by atoms with Gasteiger partial charge in [0.15, 0.2) is 15.9 Å². The van der Waals surface area contributed by atoms with Gasteiger partial charge in [0.2, 0.25) is 0 Å². The van der Waals surface area contributed by atoms with E-state index in [-0.39, 0.29) is 10.8 Å². The maximum atomic E-state index is 12.2. The van der Waals surface area contributed by atoms with Crippen LogP contribution in [0.2, 0.25) is 0 Å². The predicted octanol–water partition coefficient (Wildman–Crippen LogP) is 2.80. The minimum Gasteiger partial charge on any atom is -0.481 e. The molecule has 1 amide bonds. The first-order chi connectivity index (χ1) is 10.8. The molecule has 0 heterocycles. The number of carbonyl (C=O) groups is 1. The number of sulfone groups is 1. The molecule has 122 valence electrons. The summed E-state index contributed by atoms with van der Waals surface area (Å²) in [7, 11) is -3.24. The number of aryl methyl sites for hydroxylation is 1. The van der Waals surface area contributed by atoms with E-state index < -0.39 is 15.9 Å². The Morgan fingerprint density at radius 2 is 1.70 bits per heavy atom. The van der Waals surface area contributed by atoms with Crippen LogP contribution >= 0.6 is 0 Å². The Hall–Kier alpha value is -2.34. The fraction of sp³-hybridized carbons (Fsp3) is 0.235. The monoisotopic (exact) mass is 333 g/mol. The van der Waals surface area contributed by atoms with Crippen molar-refractivity contribution >= 4 is 21.4 Å². The lowest BCUT2D eigenvalue weighted by Gasteiger charge is -2.16. The standard InChI is InChI=1S/C17H19NO4S/c1-12-6-4-5-7-16(12)18-17(19)13(2)22-14-8-10-15(11-9-14)23(3,20)21/h4-11,13H,1-3H3,(H,18,19). The van der Waals surface area contributed by atoms with Crippen LogP contribution in [0, 0.1) is 6.92 Å². The lowest BCUT2D eigenvalue weighted by atomic mass is 10.2. The summed E-state index contributed by atoms with van der Waals surface area (Å²) in [6, 6.07) is 13.5. The molecule has 0 bridgehead atoms. The third kappa shape index (κ3) is 4.56. The van der Waals surface area contributed by atoms with Gasteiger partial charge in [0.05, 0.1) is 4.90 Å². The minimum atomic E-state index is -3.24. The van der Waals surface area contributed by atoms with E-state index in [9.17, 15) is 13.2 Å². The van der Waals surface area contributed by atoms with Gasteiger partial charge in [0.25, 0.3) is 5.91 Å². The molecule has 0 aliphatic heterocycles. The van der Waals surface area contributed by atoms with Crippen molar-refractivity contribution < 1.29 is 17.9 Å². The Labute approximate surface area is 136 Å². The van der Waals surface area contributed by atoms with E-state index in [1.807, 2.05) is 31.2 Å². The number of anilines is 1. The smallest absolute Gasteiger partial charge is 0.265 e. The normalized spacial score (nSPS) is 12.5. The maximum absolute atomic E-state index is 12.2. The first kappa shape index (κ1) is 17.0. The highest BCUT2D eigenvalue weighted by atomic mass is 32.2. The van der Waals surface area contributed by atoms with Gasteiger partial charge in [-0.05, 0) is 49.7 Å². The molecule has 0 aliphatic rings. The van der Waals surface area contributed by atoms with E-state index in [2.05, 4.69) is 5.32 Å². The van der Waals surface area contributed by atoms with Crippen LogP contribution in [0.1, 0.15) is 12.5 Å². The van der Waals surface area contributed by atoms with Gasteiger partial charge in [-0.1, -0.05) is 18.2 Å². The SMILES string of the molecule is Cc1ccccc1NC(=O)C(C)Oc1ccc(S(C)(=O)=O)cc1. The molecule has 6 heteroatoms. The predicted molar refractivity (Wildman–Crippen MR) is 89.5 cm³/mol. The van der Waals surface area contributed by atoms with Crippen molar-refractivity contribution in [2.45, 2.75) is 24.8 Å². The molecule has 1 N–H and O–H groups in total. The molecule has 0 saturated heterocycles. The second-order valence-corrected chi connectivity index (χ2v) is 7.32. The van der Waals surface area contributed by atoms with E-state index in [0.717, 1.165) is 17.5 Å². The Kier molecular flexibility index (Phi) is 5.05. The quantitative estimate of drug-likeness (QED) is 0.913. The van der Waals surface area contributed by atoms with Crippen molar-refractivity contribution in [3.05, 3.63) is 54.1 Å². The molecule has 1 atom stereocenters. The van der Waals surface area contributed by atoms with Crippen LogP contribution in [0.3, 0.4) is 0 Å². The summed E-state index contributed by atoms with van der Waals surface area (Å²) in [5.74, 6) is 0.163. The molecule has 0 radical (unpaired) electrons. The summed E-state index contributed by atoms with van der Waals surface area (Å²) in [5, 5.41) is 2.81. The van der Waals surface area contributed by atoms with Crippen LogP contribution < -0.4 is 10.1 Å². The van der Waals surface area contributed by atoms with Crippen molar-refractivity contribution in [3.63, 3.8) is 0 Å². The lowest BCUT2D eigenvalue weighted by molar-refractivity contribution is -0.122. The van der Waals surface area contributed by atoms with Gasteiger partial charge in [-0.2, -0.15) is 0 Å². The number of para-hydroxylation sites is 1. The zero-order chi connectivity index (χ0) is 17.0. The van der Waals surface area contributed by atoms with E-state index >= 15 is 0 Å². The van der Waals surface area contributed by atoms with Gasteiger partial charge in [-0.15, -0.1) is 0 Å². The molecule has 0 saturated carbocycles. The molecule has 2 aromatic rings. The molecule has 23 heavy (non-hydrogen) atoms. The van der Waals surface area contributed by atoms with Crippen LogP contribution in [0.25, 0.3) is 0 Å². The van der Waals surface area contributed by atoms with E-state index in [4.69, 9.17) is 4.74 Å². The van der Waals surface area contributed by atoms with Crippen LogP contribution in [-0.2, 0) is 14.6 Å². The molecular formula is C17H19NO4S. The summed E-state index contributed by atoms with van der Waals surface area (Å²) in [6.45, 7) is 3.54. The molecule has 0 spiro atoms. The summed E-state index contributed by atoms with van der Waals surface area (Å²) < 4.78 is 28.4. The number of amides is 1. The molecule has 5 nitrogen and oxygen atoms in total. The largest absolute Gasteiger partial charge is 0.481 e. The number of ether oxygens (including phenoxy) is 1. The summed E-state index contributed by atoms with van der Waals surface area (Å²) in [4.78, 5) is 12.4. The van der Waals surface area contributed by atoms with Crippen LogP contribution in [0.4, 0.5) is 5.69 Å². The van der Waals surface area contributed by atoms with Crippen molar-refractivity contribution in [2.24, 2.45) is 0 Å². The topological polar surface area (TPSA) is 72.5 Å². The van der Waals surface area contributed by atoms with Crippen LogP contribution in [0.15, 0.2) is 53.4 Å². The van der Waals surface area contributed by atoms with Crippen molar-refractivity contribution in [2.75, 3.05) is 11.6 Å². The molecule has 0 fully saturated rings. The van der Waals surface area contributed by atoms with Gasteiger partial charge >= 0.3 is 0 Å². The maximum Gasteiger partial charge on any atom is 0.265 e. The highest BCUT2D eigenvalue weighted by molar-refractivity contribution is 7.90. The third-order valence-electron chi connectivity index (χ3n) is 3.34. The van der Waals surface area contributed by atoms with E-state index in [0.29, 0.717) is 5.75 Å². The fourth-order valence-electron chi connectivity index (χ4n) is 1.97. The van der Waals surface area contributed by atoms with Gasteiger partial charge in [0.1, 0.15) is 5.75 Å². The average molecular weight is 333 g/mol. The Bertz CT molecular complexity index is 798. The molecular weight excluding hydrogens is 314 g/mol. The minimum absolute atomic E-state index is 0.210. The molecule has 2 aromatic carbocycles. The first-order valence-electron chi connectivity index (χ1n) is 7.10. The van der Waals surface area contributed by atoms with E-state index in [1.54, 1.807) is 6.92 Å². The molecule has 2 rings (SSSR count). The van der Waals surface area contributed by atoms with Crippen molar-refractivity contribution in [1.29, 1.82) is 0 Å². The third-order valence-corrected chi connectivity index (χ3v) is 4.47. The zero-order valence-corrected chi connectivity index (χ0v) is 14.1. The second-order valence-electron chi connectivity index (χ2n) is 5.31. The van der Waals surface area contributed by atoms with Crippen molar-refractivity contribution in [1.82, 2.24) is 0 Å². The second kappa shape index (κ2) is 6.83. The molecule has 1 unspecified atom stereocenters. The Morgan fingerprint density at radius 1 is 1.09 bits per heavy atom. The number of hydrogen-bond acceptors (Lipinski definition) is 4. The Morgan fingerprint density at radius 3 is 2.26 bits per heavy atom. The van der Waals surface area contributed by atoms with Crippen LogP contribution in [-0.4, -0.2) is 26.7 Å².